The molecule has 1 amide bonds. The summed E-state index contributed by atoms with van der Waals surface area (Å²) < 4.78 is 52.5. The summed E-state index contributed by atoms with van der Waals surface area (Å²) in [6.07, 6.45) is -4.68. The predicted octanol–water partition coefficient (Wildman–Crippen LogP) is 6.26. The molecule has 3 aromatic rings. The van der Waals surface area contributed by atoms with Crippen molar-refractivity contribution in [2.24, 2.45) is 0 Å². The number of nitrogens with zero attached hydrogens (tertiary/aromatic N) is 1. The Kier molecular flexibility index (Phi) is 5.57. The van der Waals surface area contributed by atoms with E-state index in [2.05, 4.69) is 15.6 Å². The van der Waals surface area contributed by atoms with Gasteiger partial charge in [0.2, 0.25) is 0 Å². The maximum absolute atomic E-state index is 13.2. The molecule has 0 atom stereocenters. The predicted molar refractivity (Wildman–Crippen MR) is 101 cm³/mol. The Morgan fingerprint density at radius 1 is 1.14 bits per heavy atom. The third-order valence-electron chi connectivity index (χ3n) is 3.63. The van der Waals surface area contributed by atoms with Crippen LogP contribution in [-0.2, 0) is 6.18 Å². The van der Waals surface area contributed by atoms with Gasteiger partial charge in [0, 0.05) is 10.7 Å². The number of halogens is 5. The minimum Gasteiger partial charge on any atom is -0.332 e. The summed E-state index contributed by atoms with van der Waals surface area (Å²) in [5, 5.41) is 5.44. The van der Waals surface area contributed by atoms with Crippen LogP contribution in [0.15, 0.2) is 42.5 Å². The molecule has 0 aliphatic heterocycles. The average Bonchev–Trinajstić information content (AvgIpc) is 2.98. The van der Waals surface area contributed by atoms with E-state index in [1.165, 1.54) is 30.3 Å². The van der Waals surface area contributed by atoms with Gasteiger partial charge in [0.05, 0.1) is 16.9 Å². The van der Waals surface area contributed by atoms with E-state index >= 15 is 0 Å². The summed E-state index contributed by atoms with van der Waals surface area (Å²) in [6.45, 7) is 1.56. The van der Waals surface area contributed by atoms with Crippen LogP contribution in [0.3, 0.4) is 0 Å². The van der Waals surface area contributed by atoms with Crippen LogP contribution in [0.5, 0.6) is 0 Å². The maximum Gasteiger partial charge on any atom is 0.418 e. The van der Waals surface area contributed by atoms with E-state index in [1.54, 1.807) is 6.92 Å². The molecule has 2 aromatic carbocycles. The third-order valence-corrected chi connectivity index (χ3v) is 4.94. The standard InChI is InChI=1S/C18H12ClF4N3OS/c1-9-15(28-17(24-9)25-12-5-3-11(20)4-6-12)16(27)26-14-7-2-10(19)8-13(14)18(21,22)23/h2-8H,1H3,(H,24,25)(H,26,27). The number of carbonyl (C=O) groups excluding carboxylic acids is 1. The van der Waals surface area contributed by atoms with Gasteiger partial charge in [0.15, 0.2) is 5.13 Å². The van der Waals surface area contributed by atoms with Crippen molar-refractivity contribution in [3.8, 4) is 0 Å². The fraction of sp³-hybridized carbons (Fsp3) is 0.111. The highest BCUT2D eigenvalue weighted by Gasteiger charge is 2.34. The monoisotopic (exact) mass is 429 g/mol. The molecule has 0 saturated heterocycles. The van der Waals surface area contributed by atoms with Crippen molar-refractivity contribution < 1.29 is 22.4 Å². The fourth-order valence-corrected chi connectivity index (χ4v) is 3.41. The summed E-state index contributed by atoms with van der Waals surface area (Å²) in [5.74, 6) is -1.13. The third kappa shape index (κ3) is 4.60. The molecule has 0 aliphatic carbocycles. The summed E-state index contributed by atoms with van der Waals surface area (Å²) in [4.78, 5) is 16.8. The molecular weight excluding hydrogens is 418 g/mol. The van der Waals surface area contributed by atoms with Crippen LogP contribution in [0.25, 0.3) is 0 Å². The van der Waals surface area contributed by atoms with E-state index in [0.717, 1.165) is 23.5 Å². The van der Waals surface area contributed by atoms with E-state index in [9.17, 15) is 22.4 Å². The van der Waals surface area contributed by atoms with Crippen molar-refractivity contribution in [2.75, 3.05) is 10.6 Å². The Labute approximate surface area is 166 Å². The van der Waals surface area contributed by atoms with Gasteiger partial charge >= 0.3 is 6.18 Å². The Morgan fingerprint density at radius 3 is 2.46 bits per heavy atom. The number of carbonyl (C=O) groups is 1. The second-order valence-electron chi connectivity index (χ2n) is 5.71. The van der Waals surface area contributed by atoms with Gasteiger partial charge in [-0.25, -0.2) is 9.37 Å². The minimum absolute atomic E-state index is 0.0925. The van der Waals surface area contributed by atoms with Gasteiger partial charge in [-0.05, 0) is 49.4 Å². The van der Waals surface area contributed by atoms with Crippen LogP contribution in [0, 0.1) is 12.7 Å². The number of aryl methyl sites for hydroxylation is 1. The first kappa shape index (κ1) is 20.1. The van der Waals surface area contributed by atoms with Crippen molar-refractivity contribution >= 4 is 45.4 Å². The highest BCUT2D eigenvalue weighted by Crippen LogP contribution is 2.37. The first-order valence-corrected chi connectivity index (χ1v) is 9.01. The quantitative estimate of drug-likeness (QED) is 0.481. The molecule has 0 saturated carbocycles. The lowest BCUT2D eigenvalue weighted by Gasteiger charge is -2.13. The number of hydrogen-bond donors (Lipinski definition) is 2. The number of hydrogen-bond acceptors (Lipinski definition) is 4. The number of thiazole rings is 1. The van der Waals surface area contributed by atoms with Crippen molar-refractivity contribution in [2.45, 2.75) is 13.1 Å². The molecular formula is C18H12ClF4N3OS. The first-order valence-electron chi connectivity index (χ1n) is 7.81. The zero-order chi connectivity index (χ0) is 20.5. The van der Waals surface area contributed by atoms with Crippen LogP contribution >= 0.6 is 22.9 Å². The molecule has 0 spiro atoms. The number of aromatic nitrogens is 1. The molecule has 2 N–H and O–H groups in total. The zero-order valence-corrected chi connectivity index (χ0v) is 15.8. The summed E-state index contributed by atoms with van der Waals surface area (Å²) in [7, 11) is 0. The molecule has 0 aliphatic rings. The van der Waals surface area contributed by atoms with Gasteiger partial charge < -0.3 is 10.6 Å². The largest absolute Gasteiger partial charge is 0.418 e. The van der Waals surface area contributed by atoms with E-state index in [0.29, 0.717) is 16.5 Å². The van der Waals surface area contributed by atoms with E-state index < -0.39 is 29.2 Å². The van der Waals surface area contributed by atoms with Crippen LogP contribution in [-0.4, -0.2) is 10.9 Å². The highest BCUT2D eigenvalue weighted by atomic mass is 35.5. The molecule has 28 heavy (non-hydrogen) atoms. The van der Waals surface area contributed by atoms with Gasteiger partial charge in [-0.2, -0.15) is 13.2 Å². The zero-order valence-electron chi connectivity index (χ0n) is 14.2. The second-order valence-corrected chi connectivity index (χ2v) is 7.14. The first-order chi connectivity index (χ1) is 13.1. The lowest BCUT2D eigenvalue weighted by Crippen LogP contribution is -2.16. The molecule has 146 valence electrons. The number of alkyl halides is 3. The van der Waals surface area contributed by atoms with E-state index in [4.69, 9.17) is 11.6 Å². The Bertz CT molecular complexity index is 1020. The average molecular weight is 430 g/mol. The summed E-state index contributed by atoms with van der Waals surface area (Å²) >= 11 is 6.61. The highest BCUT2D eigenvalue weighted by molar-refractivity contribution is 7.17. The van der Waals surface area contributed by atoms with E-state index in [1.807, 2.05) is 0 Å². The van der Waals surface area contributed by atoms with Gasteiger partial charge in [-0.1, -0.05) is 22.9 Å². The summed E-state index contributed by atoms with van der Waals surface area (Å²) in [6, 6.07) is 8.61. The Morgan fingerprint density at radius 2 is 1.82 bits per heavy atom. The Balaban J connectivity index is 1.82. The van der Waals surface area contributed by atoms with Gasteiger partial charge in [-0.3, -0.25) is 4.79 Å². The van der Waals surface area contributed by atoms with Crippen LogP contribution in [0.4, 0.5) is 34.1 Å². The number of benzene rings is 2. The molecule has 3 rings (SSSR count). The molecule has 0 radical (unpaired) electrons. The van der Waals surface area contributed by atoms with Gasteiger partial charge in [-0.15, -0.1) is 0 Å². The van der Waals surface area contributed by atoms with E-state index in [-0.39, 0.29) is 9.90 Å². The number of anilines is 3. The second kappa shape index (κ2) is 7.76. The van der Waals surface area contributed by atoms with Crippen molar-refractivity contribution in [3.63, 3.8) is 0 Å². The van der Waals surface area contributed by atoms with Crippen LogP contribution in [0.2, 0.25) is 5.02 Å². The fourth-order valence-electron chi connectivity index (χ4n) is 2.36. The molecule has 1 heterocycles. The number of rotatable bonds is 4. The lowest BCUT2D eigenvalue weighted by molar-refractivity contribution is -0.136. The van der Waals surface area contributed by atoms with Gasteiger partial charge in [0.1, 0.15) is 10.7 Å². The normalized spacial score (nSPS) is 11.4. The Hall–Kier alpha value is -2.65. The van der Waals surface area contributed by atoms with Crippen molar-refractivity contribution in [1.82, 2.24) is 4.98 Å². The molecule has 0 unspecified atom stereocenters. The molecule has 1 aromatic heterocycles. The smallest absolute Gasteiger partial charge is 0.332 e. The minimum atomic E-state index is -4.68. The molecule has 4 nitrogen and oxygen atoms in total. The van der Waals surface area contributed by atoms with Crippen LogP contribution < -0.4 is 10.6 Å². The molecule has 10 heteroatoms. The van der Waals surface area contributed by atoms with Crippen molar-refractivity contribution in [1.29, 1.82) is 0 Å². The number of nitrogens with one attached hydrogen (secondary N) is 2. The van der Waals surface area contributed by atoms with Crippen LogP contribution in [0.1, 0.15) is 20.9 Å². The molecule has 0 bridgehead atoms. The number of amides is 1. The summed E-state index contributed by atoms with van der Waals surface area (Å²) in [5.41, 5.74) is -0.545. The van der Waals surface area contributed by atoms with Crippen molar-refractivity contribution in [3.05, 3.63) is 69.4 Å². The maximum atomic E-state index is 13.2. The molecule has 0 fully saturated rings. The SMILES string of the molecule is Cc1nc(Nc2ccc(F)cc2)sc1C(=O)Nc1ccc(Cl)cc1C(F)(F)F. The lowest BCUT2D eigenvalue weighted by atomic mass is 10.1. The topological polar surface area (TPSA) is 54.0 Å². The van der Waals surface area contributed by atoms with Gasteiger partial charge in [0.25, 0.3) is 5.91 Å².